The molecular formula is C49H38N2. The van der Waals surface area contributed by atoms with Crippen LogP contribution in [0, 0.1) is 0 Å². The molecule has 0 fully saturated rings. The summed E-state index contributed by atoms with van der Waals surface area (Å²) in [6, 6.07) is 62.2. The predicted octanol–water partition coefficient (Wildman–Crippen LogP) is 13.8. The van der Waals surface area contributed by atoms with E-state index in [-0.39, 0.29) is 0 Å². The lowest BCUT2D eigenvalue weighted by atomic mass is 9.96. The van der Waals surface area contributed by atoms with Crippen LogP contribution < -0.4 is 9.80 Å². The van der Waals surface area contributed by atoms with Gasteiger partial charge in [-0.05, 0) is 111 Å². The van der Waals surface area contributed by atoms with Crippen LogP contribution >= 0.6 is 0 Å². The summed E-state index contributed by atoms with van der Waals surface area (Å²) in [4.78, 5) is 4.88. The standard InChI is InChI=1S/C49H38N2/c1-35-14-5-2-8-18-40-34-44(27-31-49(40)50(35)41-20-9-4-10-21-41)51(42-22-13-19-38(32-42)36-15-6-3-7-16-36)43-26-30-46-39(33-43)25-29-47-45-23-12-11-17-37(45)24-28-48(46)47/h2-13,15-35H,14H2,1H3/b5-2-,18-8+. The highest BCUT2D eigenvalue weighted by Crippen LogP contribution is 2.42. The third kappa shape index (κ3) is 5.75. The van der Waals surface area contributed by atoms with E-state index in [4.69, 9.17) is 0 Å². The molecule has 8 aromatic carbocycles. The summed E-state index contributed by atoms with van der Waals surface area (Å²) >= 11 is 0. The first-order valence-corrected chi connectivity index (χ1v) is 17.8. The third-order valence-electron chi connectivity index (χ3n) is 10.2. The fourth-order valence-corrected chi connectivity index (χ4v) is 7.73. The number of hydrogen-bond acceptors (Lipinski definition) is 2. The second-order valence-corrected chi connectivity index (χ2v) is 13.4. The molecule has 0 N–H and O–H groups in total. The van der Waals surface area contributed by atoms with E-state index in [1.165, 1.54) is 60.4 Å². The van der Waals surface area contributed by atoms with E-state index >= 15 is 0 Å². The molecule has 0 saturated carbocycles. The molecule has 2 nitrogen and oxygen atoms in total. The third-order valence-corrected chi connectivity index (χ3v) is 10.2. The van der Waals surface area contributed by atoms with E-state index in [9.17, 15) is 0 Å². The summed E-state index contributed by atoms with van der Waals surface area (Å²) < 4.78 is 0. The Bertz CT molecular complexity index is 2580. The van der Waals surface area contributed by atoms with Gasteiger partial charge >= 0.3 is 0 Å². The van der Waals surface area contributed by atoms with Crippen LogP contribution in [0.25, 0.3) is 49.5 Å². The maximum Gasteiger partial charge on any atom is 0.0488 e. The van der Waals surface area contributed by atoms with Crippen molar-refractivity contribution in [2.75, 3.05) is 9.80 Å². The SMILES string of the molecule is CC1C/C=C\C=C\c2cc(N(c3cccc(-c4ccccc4)c3)c3ccc4c(ccc5c6ccccc6ccc45)c3)ccc2N1c1ccccc1. The smallest absolute Gasteiger partial charge is 0.0488 e. The zero-order valence-electron chi connectivity index (χ0n) is 28.7. The van der Waals surface area contributed by atoms with Crippen LogP contribution in [0.4, 0.5) is 28.4 Å². The number of nitrogens with zero attached hydrogens (tertiary/aromatic N) is 2. The van der Waals surface area contributed by atoms with Crippen LogP contribution in [0.15, 0.2) is 188 Å². The molecule has 9 rings (SSSR count). The largest absolute Gasteiger partial charge is 0.338 e. The summed E-state index contributed by atoms with van der Waals surface area (Å²) in [5.74, 6) is 0. The van der Waals surface area contributed by atoms with Gasteiger partial charge in [-0.1, -0.05) is 140 Å². The molecule has 244 valence electrons. The van der Waals surface area contributed by atoms with Gasteiger partial charge in [-0.25, -0.2) is 0 Å². The van der Waals surface area contributed by atoms with Gasteiger partial charge in [0, 0.05) is 40.0 Å². The average molecular weight is 655 g/mol. The normalized spacial score (nSPS) is 15.5. The average Bonchev–Trinajstić information content (AvgIpc) is 3.26. The van der Waals surface area contributed by atoms with Gasteiger partial charge in [0.1, 0.15) is 0 Å². The van der Waals surface area contributed by atoms with E-state index in [1.54, 1.807) is 0 Å². The highest BCUT2D eigenvalue weighted by Gasteiger charge is 2.22. The molecule has 1 aliphatic heterocycles. The van der Waals surface area contributed by atoms with Gasteiger partial charge in [0.05, 0.1) is 0 Å². The minimum Gasteiger partial charge on any atom is -0.338 e. The Balaban J connectivity index is 1.23. The van der Waals surface area contributed by atoms with Crippen molar-refractivity contribution in [3.05, 3.63) is 194 Å². The first-order valence-electron chi connectivity index (χ1n) is 17.8. The van der Waals surface area contributed by atoms with E-state index in [0.29, 0.717) is 6.04 Å². The molecule has 1 unspecified atom stereocenters. The Kier molecular flexibility index (Phi) is 7.91. The Morgan fingerprint density at radius 2 is 1.14 bits per heavy atom. The van der Waals surface area contributed by atoms with Crippen molar-refractivity contribution in [1.29, 1.82) is 0 Å². The molecular weight excluding hydrogens is 617 g/mol. The predicted molar refractivity (Wildman–Crippen MR) is 220 cm³/mol. The van der Waals surface area contributed by atoms with Crippen molar-refractivity contribution in [2.24, 2.45) is 0 Å². The Morgan fingerprint density at radius 1 is 0.490 bits per heavy atom. The molecule has 1 atom stereocenters. The molecule has 0 saturated heterocycles. The second-order valence-electron chi connectivity index (χ2n) is 13.4. The van der Waals surface area contributed by atoms with E-state index in [1.807, 2.05) is 0 Å². The van der Waals surface area contributed by atoms with Gasteiger partial charge in [-0.2, -0.15) is 0 Å². The van der Waals surface area contributed by atoms with Crippen LogP contribution in [-0.2, 0) is 0 Å². The minimum absolute atomic E-state index is 0.291. The molecule has 0 radical (unpaired) electrons. The Hall–Kier alpha value is -6.38. The molecule has 0 aromatic heterocycles. The van der Waals surface area contributed by atoms with Crippen LogP contribution in [0.2, 0.25) is 0 Å². The number of fused-ring (bicyclic) bond motifs is 6. The molecule has 0 aliphatic carbocycles. The van der Waals surface area contributed by atoms with E-state index in [0.717, 1.165) is 23.5 Å². The fraction of sp³-hybridized carbons (Fsp3) is 0.0612. The van der Waals surface area contributed by atoms with Crippen molar-refractivity contribution in [3.63, 3.8) is 0 Å². The summed E-state index contributed by atoms with van der Waals surface area (Å²) in [7, 11) is 0. The Morgan fingerprint density at radius 3 is 1.98 bits per heavy atom. The molecule has 51 heavy (non-hydrogen) atoms. The molecule has 0 amide bonds. The number of hydrogen-bond donors (Lipinski definition) is 0. The maximum absolute atomic E-state index is 2.48. The fourth-order valence-electron chi connectivity index (χ4n) is 7.73. The van der Waals surface area contributed by atoms with Crippen molar-refractivity contribution in [2.45, 2.75) is 19.4 Å². The molecule has 8 aromatic rings. The van der Waals surface area contributed by atoms with E-state index in [2.05, 4.69) is 211 Å². The molecule has 2 heteroatoms. The van der Waals surface area contributed by atoms with Crippen LogP contribution in [-0.4, -0.2) is 6.04 Å². The van der Waals surface area contributed by atoms with Gasteiger partial charge in [0.2, 0.25) is 0 Å². The minimum atomic E-state index is 0.291. The summed E-state index contributed by atoms with van der Waals surface area (Å²) in [6.07, 6.45) is 9.83. The Labute approximate surface area is 299 Å². The van der Waals surface area contributed by atoms with Crippen molar-refractivity contribution in [3.8, 4) is 11.1 Å². The topological polar surface area (TPSA) is 6.48 Å². The van der Waals surface area contributed by atoms with E-state index < -0.39 is 0 Å². The summed E-state index contributed by atoms with van der Waals surface area (Å²) in [5, 5.41) is 7.61. The quantitative estimate of drug-likeness (QED) is 0.170. The molecule has 0 bridgehead atoms. The number of anilines is 5. The molecule has 1 heterocycles. The number of rotatable bonds is 5. The second kappa shape index (κ2) is 13.2. The number of benzene rings is 8. The zero-order chi connectivity index (χ0) is 34.1. The summed E-state index contributed by atoms with van der Waals surface area (Å²) in [6.45, 7) is 2.31. The first-order chi connectivity index (χ1) is 25.2. The first kappa shape index (κ1) is 30.7. The maximum atomic E-state index is 2.48. The van der Waals surface area contributed by atoms with Crippen LogP contribution in [0.3, 0.4) is 0 Å². The molecule has 1 aliphatic rings. The van der Waals surface area contributed by atoms with Gasteiger partial charge in [0.15, 0.2) is 0 Å². The van der Waals surface area contributed by atoms with Crippen molar-refractivity contribution >= 4 is 66.8 Å². The highest BCUT2D eigenvalue weighted by molar-refractivity contribution is 6.17. The van der Waals surface area contributed by atoms with Crippen molar-refractivity contribution in [1.82, 2.24) is 0 Å². The van der Waals surface area contributed by atoms with Gasteiger partial charge < -0.3 is 9.80 Å². The number of allylic oxidation sites excluding steroid dienone is 2. The molecule has 0 spiro atoms. The van der Waals surface area contributed by atoms with Crippen molar-refractivity contribution < 1.29 is 0 Å². The van der Waals surface area contributed by atoms with Crippen LogP contribution in [0.5, 0.6) is 0 Å². The monoisotopic (exact) mass is 654 g/mol. The van der Waals surface area contributed by atoms with Gasteiger partial charge in [-0.3, -0.25) is 0 Å². The van der Waals surface area contributed by atoms with Gasteiger partial charge in [0.25, 0.3) is 0 Å². The van der Waals surface area contributed by atoms with Gasteiger partial charge in [-0.15, -0.1) is 0 Å². The zero-order valence-corrected chi connectivity index (χ0v) is 28.7. The lowest BCUT2D eigenvalue weighted by molar-refractivity contribution is 0.724. The van der Waals surface area contributed by atoms with Crippen LogP contribution in [0.1, 0.15) is 18.9 Å². The lowest BCUT2D eigenvalue weighted by Crippen LogP contribution is -2.28. The number of para-hydroxylation sites is 1. The summed E-state index contributed by atoms with van der Waals surface area (Å²) in [5.41, 5.74) is 9.31. The lowest BCUT2D eigenvalue weighted by Gasteiger charge is -2.33. The highest BCUT2D eigenvalue weighted by atomic mass is 15.2.